The zero-order valence-electron chi connectivity index (χ0n) is 18.3. The van der Waals surface area contributed by atoms with Gasteiger partial charge in [0.2, 0.25) is 11.9 Å². The summed E-state index contributed by atoms with van der Waals surface area (Å²) in [5.74, 6) is 0.752. The molecule has 2 heterocycles. The molecule has 160 valence electrons. The summed E-state index contributed by atoms with van der Waals surface area (Å²) in [6.45, 7) is 7.30. The molecule has 1 aliphatic heterocycles. The minimum absolute atomic E-state index is 0.0331. The highest BCUT2D eigenvalue weighted by atomic mass is 16.2. The molecule has 1 saturated heterocycles. The molecule has 0 saturated carbocycles. The summed E-state index contributed by atoms with van der Waals surface area (Å²) in [7, 11) is 2.02. The molecule has 1 aliphatic carbocycles. The number of carbonyl (C=O) groups excluding carboxylic acids is 1. The zero-order valence-corrected chi connectivity index (χ0v) is 18.3. The Labute approximate surface area is 178 Å². The van der Waals surface area contributed by atoms with Crippen LogP contribution >= 0.6 is 0 Å². The molecule has 2 aliphatic rings. The molecular formula is C23H32N6O. The van der Waals surface area contributed by atoms with Crippen LogP contribution in [0.4, 0.5) is 5.95 Å². The van der Waals surface area contributed by atoms with E-state index in [-0.39, 0.29) is 23.4 Å². The van der Waals surface area contributed by atoms with Crippen LogP contribution in [0.1, 0.15) is 56.5 Å². The average Bonchev–Trinajstić information content (AvgIpc) is 3.14. The van der Waals surface area contributed by atoms with Crippen LogP contribution in [-0.4, -0.2) is 35.0 Å². The first-order chi connectivity index (χ1) is 14.3. The number of amides is 1. The normalized spacial score (nSPS) is 24.9. The van der Waals surface area contributed by atoms with Crippen LogP contribution in [0.3, 0.4) is 0 Å². The van der Waals surface area contributed by atoms with Gasteiger partial charge in [-0.05, 0) is 37.2 Å². The first-order valence-electron chi connectivity index (χ1n) is 10.7. The van der Waals surface area contributed by atoms with E-state index in [0.29, 0.717) is 6.04 Å². The minimum Gasteiger partial charge on any atom is -0.348 e. The molecule has 1 aromatic heterocycles. The highest BCUT2D eigenvalue weighted by molar-refractivity contribution is 5.82. The molecule has 3 N–H and O–H groups in total. The Hall–Kier alpha value is -2.51. The number of anilines is 1. The second-order valence-electron chi connectivity index (χ2n) is 9.50. The Balaban J connectivity index is 1.53. The molecule has 1 aromatic carbocycles. The van der Waals surface area contributed by atoms with E-state index in [1.165, 1.54) is 5.56 Å². The van der Waals surface area contributed by atoms with Crippen molar-refractivity contribution in [3.8, 4) is 0 Å². The quantitative estimate of drug-likeness (QED) is 0.705. The van der Waals surface area contributed by atoms with Crippen LogP contribution in [0.2, 0.25) is 0 Å². The monoisotopic (exact) mass is 408 g/mol. The molecule has 0 bridgehead atoms. The van der Waals surface area contributed by atoms with E-state index < -0.39 is 0 Å². The van der Waals surface area contributed by atoms with Crippen molar-refractivity contribution in [2.24, 2.45) is 5.41 Å². The molecule has 2 aromatic rings. The Morgan fingerprint density at radius 1 is 1.27 bits per heavy atom. The van der Waals surface area contributed by atoms with Gasteiger partial charge >= 0.3 is 0 Å². The summed E-state index contributed by atoms with van der Waals surface area (Å²) in [5.41, 5.74) is 9.56. The number of nitrogens with one attached hydrogen (secondary N) is 3. The second kappa shape index (κ2) is 8.32. The topological polar surface area (TPSA) is 82.2 Å². The number of carbonyl (C=O) groups is 1. The lowest BCUT2D eigenvalue weighted by molar-refractivity contribution is -0.123. The fraction of sp³-hybridized carbons (Fsp3) is 0.522. The lowest BCUT2D eigenvalue weighted by Gasteiger charge is -2.37. The summed E-state index contributed by atoms with van der Waals surface area (Å²) in [6.07, 6.45) is 4.45. The maximum absolute atomic E-state index is 12.8. The first kappa shape index (κ1) is 20.8. The van der Waals surface area contributed by atoms with Gasteiger partial charge in [-0.2, -0.15) is 0 Å². The molecule has 30 heavy (non-hydrogen) atoms. The molecule has 1 fully saturated rings. The third-order valence-corrected chi connectivity index (χ3v) is 6.00. The van der Waals surface area contributed by atoms with Gasteiger partial charge in [0.15, 0.2) is 0 Å². The number of aromatic nitrogens is 2. The highest BCUT2D eigenvalue weighted by Crippen LogP contribution is 2.40. The van der Waals surface area contributed by atoms with E-state index in [1.807, 2.05) is 31.4 Å². The standard InChI is InChI=1S/C23H32N6O/c1-15-10-18(28-27-15)21(30)25-19-11-23(2,3)12-20-17(19)13-24-22(26-20)29(4)14-16-8-6-5-7-9-16/h5-9,13,15,18-19,27-28H,10-12,14H2,1-4H3,(H,25,30). The SMILES string of the molecule is CC1CC(C(=O)NC2CC(C)(C)Cc3nc(N(C)Cc4ccccc4)ncc32)NN1. The molecular weight excluding hydrogens is 376 g/mol. The average molecular weight is 409 g/mol. The van der Waals surface area contributed by atoms with Crippen LogP contribution in [0, 0.1) is 5.41 Å². The molecule has 4 rings (SSSR count). The lowest BCUT2D eigenvalue weighted by Crippen LogP contribution is -2.46. The van der Waals surface area contributed by atoms with E-state index in [4.69, 9.17) is 4.98 Å². The lowest BCUT2D eigenvalue weighted by atomic mass is 9.74. The summed E-state index contributed by atoms with van der Waals surface area (Å²) < 4.78 is 0. The van der Waals surface area contributed by atoms with Gasteiger partial charge in [-0.15, -0.1) is 0 Å². The number of hydrogen-bond donors (Lipinski definition) is 3. The van der Waals surface area contributed by atoms with Crippen LogP contribution in [0.15, 0.2) is 36.5 Å². The molecule has 7 nitrogen and oxygen atoms in total. The van der Waals surface area contributed by atoms with Crippen molar-refractivity contribution in [2.45, 2.75) is 64.7 Å². The summed E-state index contributed by atoms with van der Waals surface area (Å²) in [6, 6.07) is 10.3. The van der Waals surface area contributed by atoms with E-state index in [9.17, 15) is 4.79 Å². The number of nitrogens with zero attached hydrogens (tertiary/aromatic N) is 3. The van der Waals surface area contributed by atoms with E-state index in [0.717, 1.165) is 43.0 Å². The highest BCUT2D eigenvalue weighted by Gasteiger charge is 2.36. The Morgan fingerprint density at radius 2 is 2.03 bits per heavy atom. The Kier molecular flexibility index (Phi) is 5.75. The van der Waals surface area contributed by atoms with Crippen molar-refractivity contribution < 1.29 is 4.79 Å². The largest absolute Gasteiger partial charge is 0.348 e. The second-order valence-corrected chi connectivity index (χ2v) is 9.50. The fourth-order valence-electron chi connectivity index (χ4n) is 4.44. The fourth-order valence-corrected chi connectivity index (χ4v) is 4.44. The van der Waals surface area contributed by atoms with Crippen molar-refractivity contribution in [1.29, 1.82) is 0 Å². The number of rotatable bonds is 5. The minimum atomic E-state index is -0.203. The van der Waals surface area contributed by atoms with Gasteiger partial charge in [0.05, 0.1) is 11.7 Å². The van der Waals surface area contributed by atoms with Gasteiger partial charge in [-0.25, -0.2) is 15.4 Å². The number of fused-ring (bicyclic) bond motifs is 1. The molecule has 3 atom stereocenters. The smallest absolute Gasteiger partial charge is 0.239 e. The van der Waals surface area contributed by atoms with Crippen molar-refractivity contribution in [3.05, 3.63) is 53.3 Å². The molecule has 0 radical (unpaired) electrons. The van der Waals surface area contributed by atoms with Gasteiger partial charge < -0.3 is 10.2 Å². The summed E-state index contributed by atoms with van der Waals surface area (Å²) in [5, 5.41) is 3.25. The number of hydrazine groups is 1. The summed E-state index contributed by atoms with van der Waals surface area (Å²) in [4.78, 5) is 24.4. The molecule has 7 heteroatoms. The van der Waals surface area contributed by atoms with Crippen molar-refractivity contribution in [1.82, 2.24) is 26.1 Å². The van der Waals surface area contributed by atoms with Crippen molar-refractivity contribution >= 4 is 11.9 Å². The Bertz CT molecular complexity index is 900. The Morgan fingerprint density at radius 3 is 2.73 bits per heavy atom. The van der Waals surface area contributed by atoms with Gasteiger partial charge in [0.1, 0.15) is 6.04 Å². The number of hydrogen-bond acceptors (Lipinski definition) is 6. The maximum Gasteiger partial charge on any atom is 0.239 e. The predicted octanol–water partition coefficient (Wildman–Crippen LogP) is 2.50. The molecule has 1 amide bonds. The third-order valence-electron chi connectivity index (χ3n) is 6.00. The van der Waals surface area contributed by atoms with Crippen LogP contribution in [0.25, 0.3) is 0 Å². The summed E-state index contributed by atoms with van der Waals surface area (Å²) >= 11 is 0. The van der Waals surface area contributed by atoms with Gasteiger partial charge in [-0.3, -0.25) is 10.2 Å². The van der Waals surface area contributed by atoms with Gasteiger partial charge in [0.25, 0.3) is 0 Å². The van der Waals surface area contributed by atoms with E-state index in [1.54, 1.807) is 0 Å². The van der Waals surface area contributed by atoms with E-state index >= 15 is 0 Å². The number of benzene rings is 1. The molecule has 0 spiro atoms. The van der Waals surface area contributed by atoms with Gasteiger partial charge in [0, 0.05) is 31.4 Å². The van der Waals surface area contributed by atoms with Gasteiger partial charge in [-0.1, -0.05) is 44.2 Å². The molecule has 3 unspecified atom stereocenters. The van der Waals surface area contributed by atoms with Crippen LogP contribution in [-0.2, 0) is 17.8 Å². The predicted molar refractivity (Wildman–Crippen MR) is 118 cm³/mol. The van der Waals surface area contributed by atoms with Crippen LogP contribution < -0.4 is 21.1 Å². The van der Waals surface area contributed by atoms with E-state index in [2.05, 4.69) is 59.0 Å². The first-order valence-corrected chi connectivity index (χ1v) is 10.7. The van der Waals surface area contributed by atoms with Crippen LogP contribution in [0.5, 0.6) is 0 Å². The van der Waals surface area contributed by atoms with Crippen molar-refractivity contribution in [2.75, 3.05) is 11.9 Å². The third kappa shape index (κ3) is 4.63. The zero-order chi connectivity index (χ0) is 21.3. The van der Waals surface area contributed by atoms with Crippen molar-refractivity contribution in [3.63, 3.8) is 0 Å². The maximum atomic E-state index is 12.8.